The maximum absolute atomic E-state index is 9.49. The van der Waals surface area contributed by atoms with Crippen molar-refractivity contribution in [1.82, 2.24) is 9.13 Å². The van der Waals surface area contributed by atoms with E-state index in [9.17, 15) is 2.74 Å². The van der Waals surface area contributed by atoms with E-state index in [0.29, 0.717) is 5.19 Å². The van der Waals surface area contributed by atoms with E-state index in [1.54, 1.807) is 0 Å². The van der Waals surface area contributed by atoms with Crippen LogP contribution in [0.25, 0.3) is 76.9 Å². The molecule has 0 aliphatic rings. The Bertz CT molecular complexity index is 3750. The topological polar surface area (TPSA) is 23.0 Å². The number of hydrogen-bond acceptors (Lipinski definition) is 1. The van der Waals surface area contributed by atoms with Gasteiger partial charge in [-0.25, -0.2) is 0 Å². The number of furan rings is 1. The lowest BCUT2D eigenvalue weighted by Crippen LogP contribution is -2.74. The molecular formula is C54H36N2OSi. The average molecular weight is 762 g/mol. The van der Waals surface area contributed by atoms with Crippen molar-refractivity contribution in [2.45, 2.75) is 0 Å². The highest BCUT2D eigenvalue weighted by Crippen LogP contribution is 2.38. The van der Waals surface area contributed by atoms with E-state index in [4.69, 9.17) is 8.53 Å². The summed E-state index contributed by atoms with van der Waals surface area (Å²) in [5, 5.41) is 9.65. The zero-order valence-electron chi connectivity index (χ0n) is 36.2. The van der Waals surface area contributed by atoms with E-state index < -0.39 is 14.1 Å². The van der Waals surface area contributed by atoms with Gasteiger partial charge in [-0.2, -0.15) is 0 Å². The summed E-state index contributed by atoms with van der Waals surface area (Å²) in [5.41, 5.74) is 7.93. The van der Waals surface area contributed by atoms with Crippen LogP contribution in [0, 0.1) is 0 Å². The number of benzene rings is 9. The molecule has 0 bridgehead atoms. The Balaban J connectivity index is 1.15. The summed E-state index contributed by atoms with van der Waals surface area (Å²) in [6, 6.07) is 63.4. The first-order valence-corrected chi connectivity index (χ1v) is 21.5. The van der Waals surface area contributed by atoms with E-state index in [1.807, 2.05) is 54.6 Å². The summed E-state index contributed by atoms with van der Waals surface area (Å²) in [5.74, 6) is 0. The highest BCUT2D eigenvalue weighted by molar-refractivity contribution is 7.20. The van der Waals surface area contributed by atoms with Crippen molar-refractivity contribution in [1.29, 1.82) is 0 Å². The lowest BCUT2D eigenvalue weighted by molar-refractivity contribution is 0.669. The summed E-state index contributed by atoms with van der Waals surface area (Å²) >= 11 is 0. The molecule has 4 heteroatoms. The summed E-state index contributed by atoms with van der Waals surface area (Å²) in [4.78, 5) is 0. The lowest BCUT2D eigenvalue weighted by Gasteiger charge is -2.34. The zero-order chi connectivity index (χ0) is 42.6. The van der Waals surface area contributed by atoms with Crippen LogP contribution in [0.1, 0.15) is 6.85 Å². The molecule has 272 valence electrons. The Morgan fingerprint density at radius 1 is 0.345 bits per heavy atom. The van der Waals surface area contributed by atoms with Gasteiger partial charge in [0.1, 0.15) is 11.2 Å². The van der Waals surface area contributed by atoms with Gasteiger partial charge in [-0.05, 0) is 81.4 Å². The van der Waals surface area contributed by atoms with Crippen molar-refractivity contribution in [3.05, 3.63) is 218 Å². The fourth-order valence-corrected chi connectivity index (χ4v) is 13.9. The van der Waals surface area contributed by atoms with Gasteiger partial charge in [-0.1, -0.05) is 158 Å². The van der Waals surface area contributed by atoms with Gasteiger partial charge in [0.25, 0.3) is 0 Å². The normalized spacial score (nSPS) is 13.3. The molecule has 3 heterocycles. The number of para-hydroxylation sites is 3. The molecule has 9 aromatic carbocycles. The Labute approximate surface area is 343 Å². The van der Waals surface area contributed by atoms with Crippen LogP contribution in [0.15, 0.2) is 223 Å². The van der Waals surface area contributed by atoms with Gasteiger partial charge in [-0.15, -0.1) is 0 Å². The fraction of sp³-hybridized carbons (Fsp3) is 0. The Hall–Kier alpha value is -7.40. The Kier molecular flexibility index (Phi) is 6.20. The molecular weight excluding hydrogens is 721 g/mol. The number of nitrogens with zero attached hydrogens (tertiary/aromatic N) is 2. The van der Waals surface area contributed by atoms with Crippen LogP contribution in [0.4, 0.5) is 0 Å². The van der Waals surface area contributed by atoms with E-state index in [1.165, 1.54) is 0 Å². The van der Waals surface area contributed by atoms with Crippen LogP contribution < -0.4 is 20.7 Å². The fourth-order valence-electron chi connectivity index (χ4n) is 9.46. The minimum atomic E-state index is -3.63. The Morgan fingerprint density at radius 3 is 1.57 bits per heavy atom. The van der Waals surface area contributed by atoms with Gasteiger partial charge in [0, 0.05) is 43.7 Å². The summed E-state index contributed by atoms with van der Waals surface area (Å²) < 4.78 is 56.2. The molecule has 0 saturated carbocycles. The van der Waals surface area contributed by atoms with Crippen molar-refractivity contribution in [3.63, 3.8) is 0 Å². The molecule has 58 heavy (non-hydrogen) atoms. The van der Waals surface area contributed by atoms with Gasteiger partial charge in [0.05, 0.1) is 28.9 Å². The standard InChI is InChI=1S/C54H36N2OSi/c1-4-16-39(17-5-1)58(40-18-6-2-7-19-40,41-20-8-3-9-21-41)42-30-31-45-43-22-10-13-25-49(43)56(52(45)36-42)37-28-32-51-47(34-37)44-23-11-14-26-50(44)55(51)38-29-33-54-48(35-38)46-24-12-15-27-53(46)57-54/h1-36H/i1D,4D,5D,16D,17D. The Morgan fingerprint density at radius 2 is 0.862 bits per heavy atom. The molecule has 0 aliphatic heterocycles. The van der Waals surface area contributed by atoms with Crippen LogP contribution in [0.5, 0.6) is 0 Å². The van der Waals surface area contributed by atoms with Crippen molar-refractivity contribution < 1.29 is 11.3 Å². The van der Waals surface area contributed by atoms with Gasteiger partial charge in [0.2, 0.25) is 0 Å². The summed E-state index contributed by atoms with van der Waals surface area (Å²) in [6.45, 7) is 0. The van der Waals surface area contributed by atoms with Crippen LogP contribution in [0.2, 0.25) is 0 Å². The van der Waals surface area contributed by atoms with Gasteiger partial charge in [0.15, 0.2) is 8.07 Å². The molecule has 3 nitrogen and oxygen atoms in total. The number of hydrogen-bond donors (Lipinski definition) is 0. The third-order valence-electron chi connectivity index (χ3n) is 11.9. The molecule has 0 saturated heterocycles. The summed E-state index contributed by atoms with van der Waals surface area (Å²) in [7, 11) is -3.63. The van der Waals surface area contributed by atoms with Crippen LogP contribution >= 0.6 is 0 Å². The number of fused-ring (bicyclic) bond motifs is 9. The SMILES string of the molecule is [2H]c1c([2H])c([2H])c([Si](c2ccccc2)(c2ccccc2)c2ccc3c4ccccc4n(-c4ccc5c(c4)c4ccccc4n5-c4ccc5oc6ccccc6c5c4)c3c2)c([2H])c1[2H]. The zero-order valence-corrected chi connectivity index (χ0v) is 32.2. The molecule has 3 aromatic heterocycles. The maximum Gasteiger partial charge on any atom is 0.179 e. The second-order valence-corrected chi connectivity index (χ2v) is 18.6. The second kappa shape index (κ2) is 12.8. The number of rotatable bonds is 6. The molecule has 0 atom stereocenters. The number of aromatic nitrogens is 2. The highest BCUT2D eigenvalue weighted by atomic mass is 28.3. The molecule has 0 amide bonds. The van der Waals surface area contributed by atoms with Gasteiger partial charge >= 0.3 is 0 Å². The first kappa shape index (κ1) is 28.1. The first-order chi connectivity index (χ1) is 30.8. The average Bonchev–Trinajstić information content (AvgIpc) is 3.99. The van der Waals surface area contributed by atoms with E-state index in [-0.39, 0.29) is 24.2 Å². The molecule has 12 aromatic rings. The molecule has 0 unspecified atom stereocenters. The molecule has 0 radical (unpaired) electrons. The molecule has 0 fully saturated rings. The van der Waals surface area contributed by atoms with E-state index in [2.05, 4.69) is 143 Å². The molecule has 0 spiro atoms. The second-order valence-electron chi connectivity index (χ2n) is 14.9. The third kappa shape index (κ3) is 4.73. The minimum absolute atomic E-state index is 0.178. The van der Waals surface area contributed by atoms with Crippen molar-refractivity contribution in [2.75, 3.05) is 0 Å². The minimum Gasteiger partial charge on any atom is -0.456 e. The molecule has 0 N–H and O–H groups in total. The molecule has 12 rings (SSSR count). The smallest absolute Gasteiger partial charge is 0.179 e. The highest BCUT2D eigenvalue weighted by Gasteiger charge is 2.41. The van der Waals surface area contributed by atoms with Gasteiger partial charge in [-0.3, -0.25) is 0 Å². The monoisotopic (exact) mass is 761 g/mol. The largest absolute Gasteiger partial charge is 0.456 e. The predicted octanol–water partition coefficient (Wildman–Crippen LogP) is 11.2. The summed E-state index contributed by atoms with van der Waals surface area (Å²) in [6.07, 6.45) is 0. The van der Waals surface area contributed by atoms with Crippen LogP contribution in [-0.4, -0.2) is 17.2 Å². The maximum atomic E-state index is 9.49. The van der Waals surface area contributed by atoms with Crippen LogP contribution in [-0.2, 0) is 0 Å². The quantitative estimate of drug-likeness (QED) is 0.122. The van der Waals surface area contributed by atoms with E-state index in [0.717, 1.165) is 92.5 Å². The van der Waals surface area contributed by atoms with Crippen molar-refractivity contribution in [2.24, 2.45) is 0 Å². The van der Waals surface area contributed by atoms with Gasteiger partial charge < -0.3 is 13.6 Å². The van der Waals surface area contributed by atoms with Crippen molar-refractivity contribution >= 4 is 94.4 Å². The third-order valence-corrected chi connectivity index (χ3v) is 16.5. The van der Waals surface area contributed by atoms with Crippen molar-refractivity contribution in [3.8, 4) is 11.4 Å². The lowest BCUT2D eigenvalue weighted by atomic mass is 10.1. The van der Waals surface area contributed by atoms with Crippen LogP contribution in [0.3, 0.4) is 0 Å². The predicted molar refractivity (Wildman–Crippen MR) is 246 cm³/mol. The first-order valence-electron chi connectivity index (χ1n) is 22.0. The molecule has 0 aliphatic carbocycles. The van der Waals surface area contributed by atoms with E-state index >= 15 is 0 Å².